The van der Waals surface area contributed by atoms with Gasteiger partial charge in [-0.2, -0.15) is 11.8 Å². The van der Waals surface area contributed by atoms with Crippen LogP contribution in [0.4, 0.5) is 0 Å². The third kappa shape index (κ3) is 3.37. The van der Waals surface area contributed by atoms with Gasteiger partial charge in [-0.3, -0.25) is 0 Å². The summed E-state index contributed by atoms with van der Waals surface area (Å²) in [6, 6.07) is 0.418. The summed E-state index contributed by atoms with van der Waals surface area (Å²) in [5.41, 5.74) is 0. The molecule has 0 amide bonds. The molecule has 0 aromatic carbocycles. The van der Waals surface area contributed by atoms with Crippen molar-refractivity contribution in [1.29, 1.82) is 0 Å². The first-order chi connectivity index (χ1) is 7.49. The molecular formula is C11H21NO2S2. The first-order valence-electron chi connectivity index (χ1n) is 6.07. The monoisotopic (exact) mass is 263 g/mol. The molecule has 0 aromatic rings. The van der Waals surface area contributed by atoms with E-state index in [9.17, 15) is 8.42 Å². The SMILES string of the molecule is CC1(CNC2CCS(=O)(=O)CC2)CCCS1. The molecular weight excluding hydrogens is 242 g/mol. The minimum atomic E-state index is -2.71. The number of nitrogens with one attached hydrogen (secondary N) is 1. The van der Waals surface area contributed by atoms with E-state index < -0.39 is 9.84 Å². The molecule has 1 unspecified atom stereocenters. The van der Waals surface area contributed by atoms with Crippen LogP contribution in [-0.4, -0.2) is 43.0 Å². The lowest BCUT2D eigenvalue weighted by molar-refractivity contribution is 0.430. The fourth-order valence-electron chi connectivity index (χ4n) is 2.43. The van der Waals surface area contributed by atoms with Crippen LogP contribution in [0, 0.1) is 0 Å². The van der Waals surface area contributed by atoms with E-state index >= 15 is 0 Å². The van der Waals surface area contributed by atoms with E-state index in [1.54, 1.807) is 0 Å². The van der Waals surface area contributed by atoms with Crippen LogP contribution >= 0.6 is 11.8 Å². The Balaban J connectivity index is 1.75. The summed E-state index contributed by atoms with van der Waals surface area (Å²) in [5, 5.41) is 3.56. The van der Waals surface area contributed by atoms with E-state index in [0.717, 1.165) is 19.4 Å². The highest BCUT2D eigenvalue weighted by Crippen LogP contribution is 2.37. The van der Waals surface area contributed by atoms with Crippen LogP contribution in [0.5, 0.6) is 0 Å². The van der Waals surface area contributed by atoms with Crippen molar-refractivity contribution < 1.29 is 8.42 Å². The summed E-state index contributed by atoms with van der Waals surface area (Å²) in [6.07, 6.45) is 4.20. The number of hydrogen-bond acceptors (Lipinski definition) is 4. The maximum absolute atomic E-state index is 11.3. The van der Waals surface area contributed by atoms with Crippen molar-refractivity contribution >= 4 is 21.6 Å². The van der Waals surface area contributed by atoms with Crippen LogP contribution in [-0.2, 0) is 9.84 Å². The van der Waals surface area contributed by atoms with Crippen LogP contribution in [0.1, 0.15) is 32.6 Å². The van der Waals surface area contributed by atoms with E-state index in [1.165, 1.54) is 18.6 Å². The minimum absolute atomic E-state index is 0.370. The van der Waals surface area contributed by atoms with Crippen molar-refractivity contribution in [1.82, 2.24) is 5.32 Å². The highest BCUT2D eigenvalue weighted by atomic mass is 32.2. The zero-order valence-electron chi connectivity index (χ0n) is 9.87. The standard InChI is InChI=1S/C11H21NO2S2/c1-11(5-2-6-15-11)9-12-10-3-7-16(13,14)8-4-10/h10,12H,2-9H2,1H3. The Morgan fingerprint density at radius 3 is 2.62 bits per heavy atom. The van der Waals surface area contributed by atoms with Crippen molar-refractivity contribution in [2.45, 2.75) is 43.4 Å². The molecule has 0 spiro atoms. The van der Waals surface area contributed by atoms with Crippen LogP contribution in [0.25, 0.3) is 0 Å². The van der Waals surface area contributed by atoms with Gasteiger partial charge in [0.05, 0.1) is 11.5 Å². The molecule has 2 rings (SSSR count). The van der Waals surface area contributed by atoms with Crippen LogP contribution < -0.4 is 5.32 Å². The topological polar surface area (TPSA) is 46.2 Å². The van der Waals surface area contributed by atoms with E-state index in [0.29, 0.717) is 22.3 Å². The third-order valence-electron chi connectivity index (χ3n) is 3.62. The van der Waals surface area contributed by atoms with Crippen LogP contribution in [0.2, 0.25) is 0 Å². The molecule has 0 bridgehead atoms. The second kappa shape index (κ2) is 4.86. The van der Waals surface area contributed by atoms with Gasteiger partial charge in [0.1, 0.15) is 9.84 Å². The molecule has 2 fully saturated rings. The Bertz CT molecular complexity index is 320. The van der Waals surface area contributed by atoms with Crippen molar-refractivity contribution in [3.63, 3.8) is 0 Å². The van der Waals surface area contributed by atoms with E-state index in [1.807, 2.05) is 0 Å². The molecule has 0 aromatic heterocycles. The highest BCUT2D eigenvalue weighted by Gasteiger charge is 2.31. The summed E-state index contributed by atoms with van der Waals surface area (Å²) in [5.74, 6) is 2.01. The fraction of sp³-hybridized carbons (Fsp3) is 1.00. The van der Waals surface area contributed by atoms with Gasteiger partial charge in [0, 0.05) is 17.3 Å². The van der Waals surface area contributed by atoms with Gasteiger partial charge in [-0.15, -0.1) is 0 Å². The third-order valence-corrected chi connectivity index (χ3v) is 6.87. The van der Waals surface area contributed by atoms with Gasteiger partial charge in [-0.25, -0.2) is 8.42 Å². The summed E-state index contributed by atoms with van der Waals surface area (Å²) < 4.78 is 23.0. The Morgan fingerprint density at radius 1 is 1.38 bits per heavy atom. The molecule has 2 aliphatic rings. The second-order valence-corrected chi connectivity index (χ2v) is 9.20. The summed E-state index contributed by atoms with van der Waals surface area (Å²) in [7, 11) is -2.71. The zero-order valence-corrected chi connectivity index (χ0v) is 11.5. The van der Waals surface area contributed by atoms with Gasteiger partial charge in [0.2, 0.25) is 0 Å². The van der Waals surface area contributed by atoms with Crippen LogP contribution in [0.3, 0.4) is 0 Å². The molecule has 2 saturated heterocycles. The van der Waals surface area contributed by atoms with E-state index in [-0.39, 0.29) is 0 Å². The van der Waals surface area contributed by atoms with Gasteiger partial charge in [0.25, 0.3) is 0 Å². The lowest BCUT2D eigenvalue weighted by atomic mass is 10.0. The van der Waals surface area contributed by atoms with E-state index in [4.69, 9.17) is 0 Å². The zero-order chi connectivity index (χ0) is 11.6. The van der Waals surface area contributed by atoms with Crippen molar-refractivity contribution in [3.05, 3.63) is 0 Å². The van der Waals surface area contributed by atoms with Gasteiger partial charge in [0.15, 0.2) is 0 Å². The van der Waals surface area contributed by atoms with Crippen molar-refractivity contribution in [2.75, 3.05) is 23.8 Å². The first-order valence-corrected chi connectivity index (χ1v) is 8.88. The molecule has 94 valence electrons. The van der Waals surface area contributed by atoms with Crippen molar-refractivity contribution in [3.8, 4) is 0 Å². The maximum Gasteiger partial charge on any atom is 0.150 e. The Kier molecular flexibility index (Phi) is 3.86. The smallest absolute Gasteiger partial charge is 0.150 e. The summed E-state index contributed by atoms with van der Waals surface area (Å²) in [6.45, 7) is 3.35. The predicted octanol–water partition coefficient (Wildman–Crippen LogP) is 1.44. The average molecular weight is 263 g/mol. The maximum atomic E-state index is 11.3. The number of sulfone groups is 1. The van der Waals surface area contributed by atoms with Crippen LogP contribution in [0.15, 0.2) is 0 Å². The average Bonchev–Trinajstić information content (AvgIpc) is 2.64. The number of thioether (sulfide) groups is 1. The van der Waals surface area contributed by atoms with E-state index in [2.05, 4.69) is 24.0 Å². The molecule has 1 atom stereocenters. The lowest BCUT2D eigenvalue weighted by Gasteiger charge is -2.29. The van der Waals surface area contributed by atoms with Gasteiger partial charge in [-0.1, -0.05) is 0 Å². The molecule has 1 N–H and O–H groups in total. The molecule has 0 saturated carbocycles. The minimum Gasteiger partial charge on any atom is -0.313 e. The first kappa shape index (κ1) is 12.7. The Labute approximate surface area is 103 Å². The van der Waals surface area contributed by atoms with Crippen molar-refractivity contribution in [2.24, 2.45) is 0 Å². The molecule has 16 heavy (non-hydrogen) atoms. The molecule has 3 nitrogen and oxygen atoms in total. The lowest BCUT2D eigenvalue weighted by Crippen LogP contribution is -2.43. The highest BCUT2D eigenvalue weighted by molar-refractivity contribution is 8.00. The Hall–Kier alpha value is 0.260. The largest absolute Gasteiger partial charge is 0.313 e. The molecule has 2 aliphatic heterocycles. The van der Waals surface area contributed by atoms with Gasteiger partial charge < -0.3 is 5.32 Å². The molecule has 2 heterocycles. The second-order valence-electron chi connectivity index (χ2n) is 5.21. The number of rotatable bonds is 3. The normalized spacial score (nSPS) is 35.3. The summed E-state index contributed by atoms with van der Waals surface area (Å²) >= 11 is 2.05. The fourth-order valence-corrected chi connectivity index (χ4v) is 5.18. The quantitative estimate of drug-likeness (QED) is 0.837. The number of hydrogen-bond donors (Lipinski definition) is 1. The van der Waals surface area contributed by atoms with Gasteiger partial charge in [-0.05, 0) is 38.4 Å². The molecule has 0 radical (unpaired) electrons. The molecule has 0 aliphatic carbocycles. The van der Waals surface area contributed by atoms with Gasteiger partial charge >= 0.3 is 0 Å². The summed E-state index contributed by atoms with van der Waals surface area (Å²) in [4.78, 5) is 0. The Morgan fingerprint density at radius 2 is 2.06 bits per heavy atom. The molecule has 5 heteroatoms. The predicted molar refractivity (Wildman–Crippen MR) is 69.8 cm³/mol.